The zero-order valence-electron chi connectivity index (χ0n) is 15.1. The lowest BCUT2D eigenvalue weighted by Crippen LogP contribution is -2.13. The molecule has 0 aliphatic heterocycles. The maximum absolute atomic E-state index is 12.3. The zero-order chi connectivity index (χ0) is 19.3. The largest absolute Gasteiger partial charge is 0.370 e. The Morgan fingerprint density at radius 3 is 2.79 bits per heavy atom. The first-order valence-corrected chi connectivity index (χ1v) is 9.39. The molecule has 6 heteroatoms. The van der Waals surface area contributed by atoms with Crippen LogP contribution in [0.25, 0.3) is 10.9 Å². The standard InChI is InChI=1S/C22H19ClN4O/c23-17-4-3-5-18(12-17)27-22(28)16-8-9-21(26-14-16)24-11-10-15-13-25-20-7-2-1-6-19(15)20/h1-9,12-14,25H,10-11H2,(H,24,26)(H,27,28). The topological polar surface area (TPSA) is 69.8 Å². The lowest BCUT2D eigenvalue weighted by molar-refractivity contribution is 0.102. The number of hydrogen-bond acceptors (Lipinski definition) is 3. The molecule has 0 aliphatic rings. The van der Waals surface area contributed by atoms with Crippen molar-refractivity contribution < 1.29 is 4.79 Å². The molecular weight excluding hydrogens is 372 g/mol. The van der Waals surface area contributed by atoms with Crippen molar-refractivity contribution in [2.45, 2.75) is 6.42 Å². The highest BCUT2D eigenvalue weighted by Crippen LogP contribution is 2.18. The number of rotatable bonds is 6. The molecule has 0 saturated heterocycles. The first-order chi connectivity index (χ1) is 13.7. The van der Waals surface area contributed by atoms with E-state index in [9.17, 15) is 4.79 Å². The van der Waals surface area contributed by atoms with Crippen molar-refractivity contribution in [3.05, 3.63) is 89.2 Å². The highest BCUT2D eigenvalue weighted by Gasteiger charge is 2.07. The maximum atomic E-state index is 12.3. The van der Waals surface area contributed by atoms with Crippen molar-refractivity contribution in [2.75, 3.05) is 17.2 Å². The molecule has 2 aromatic carbocycles. The molecule has 1 amide bonds. The number of carbonyl (C=O) groups is 1. The molecule has 0 atom stereocenters. The molecule has 4 rings (SSSR count). The lowest BCUT2D eigenvalue weighted by Gasteiger charge is -2.08. The van der Waals surface area contributed by atoms with E-state index in [4.69, 9.17) is 11.6 Å². The lowest BCUT2D eigenvalue weighted by atomic mass is 10.1. The Bertz CT molecular complexity index is 1100. The van der Waals surface area contributed by atoms with Crippen LogP contribution in [0.1, 0.15) is 15.9 Å². The molecular formula is C22H19ClN4O. The normalized spacial score (nSPS) is 10.8. The average molecular weight is 391 g/mol. The van der Waals surface area contributed by atoms with E-state index >= 15 is 0 Å². The number of pyridine rings is 1. The van der Waals surface area contributed by atoms with Gasteiger partial charge in [0, 0.05) is 40.6 Å². The zero-order valence-corrected chi connectivity index (χ0v) is 15.8. The minimum Gasteiger partial charge on any atom is -0.370 e. The number of aromatic nitrogens is 2. The Morgan fingerprint density at radius 2 is 1.96 bits per heavy atom. The number of para-hydroxylation sites is 1. The van der Waals surface area contributed by atoms with Gasteiger partial charge in [-0.25, -0.2) is 4.98 Å². The summed E-state index contributed by atoms with van der Waals surface area (Å²) in [7, 11) is 0. The highest BCUT2D eigenvalue weighted by atomic mass is 35.5. The fourth-order valence-electron chi connectivity index (χ4n) is 3.07. The van der Waals surface area contributed by atoms with Crippen LogP contribution < -0.4 is 10.6 Å². The number of benzene rings is 2. The van der Waals surface area contributed by atoms with Gasteiger partial charge in [0.1, 0.15) is 5.82 Å². The Hall–Kier alpha value is -3.31. The minimum absolute atomic E-state index is 0.222. The first-order valence-electron chi connectivity index (χ1n) is 9.01. The summed E-state index contributed by atoms with van der Waals surface area (Å²) < 4.78 is 0. The molecule has 0 fully saturated rings. The van der Waals surface area contributed by atoms with Gasteiger partial charge >= 0.3 is 0 Å². The van der Waals surface area contributed by atoms with Crippen molar-refractivity contribution in [2.24, 2.45) is 0 Å². The van der Waals surface area contributed by atoms with Gasteiger partial charge in [-0.3, -0.25) is 4.79 Å². The SMILES string of the molecule is O=C(Nc1cccc(Cl)c1)c1ccc(NCCc2c[nH]c3ccccc23)nc1. The number of aromatic amines is 1. The number of anilines is 2. The smallest absolute Gasteiger partial charge is 0.257 e. The molecule has 140 valence electrons. The quantitative estimate of drug-likeness (QED) is 0.427. The van der Waals surface area contributed by atoms with Crippen LogP contribution in [0.3, 0.4) is 0 Å². The Balaban J connectivity index is 1.33. The first kappa shape index (κ1) is 18.1. The van der Waals surface area contributed by atoms with Crippen LogP contribution in [0.5, 0.6) is 0 Å². The van der Waals surface area contributed by atoms with Crippen LogP contribution in [0.15, 0.2) is 73.1 Å². The summed E-state index contributed by atoms with van der Waals surface area (Å²) in [6.45, 7) is 0.753. The summed E-state index contributed by atoms with van der Waals surface area (Å²) in [5, 5.41) is 7.92. The number of fused-ring (bicyclic) bond motifs is 1. The number of halogens is 1. The fourth-order valence-corrected chi connectivity index (χ4v) is 3.26. The van der Waals surface area contributed by atoms with Crippen molar-refractivity contribution >= 4 is 39.9 Å². The third-order valence-electron chi connectivity index (χ3n) is 4.48. The molecule has 0 unspecified atom stereocenters. The predicted molar refractivity (Wildman–Crippen MR) is 114 cm³/mol. The average Bonchev–Trinajstić information content (AvgIpc) is 3.12. The third-order valence-corrected chi connectivity index (χ3v) is 4.72. The summed E-state index contributed by atoms with van der Waals surface area (Å²) in [6.07, 6.45) is 4.49. The molecule has 0 saturated carbocycles. The third kappa shape index (κ3) is 4.15. The van der Waals surface area contributed by atoms with E-state index in [1.807, 2.05) is 24.4 Å². The second-order valence-electron chi connectivity index (χ2n) is 6.43. The second-order valence-corrected chi connectivity index (χ2v) is 6.87. The number of amides is 1. The summed E-state index contributed by atoms with van der Waals surface area (Å²) >= 11 is 5.94. The summed E-state index contributed by atoms with van der Waals surface area (Å²) in [4.78, 5) is 19.9. The van der Waals surface area contributed by atoms with Crippen molar-refractivity contribution in [3.8, 4) is 0 Å². The van der Waals surface area contributed by atoms with E-state index in [0.717, 1.165) is 24.3 Å². The maximum Gasteiger partial charge on any atom is 0.257 e. The molecule has 4 aromatic rings. The van der Waals surface area contributed by atoms with Gasteiger partial charge in [-0.2, -0.15) is 0 Å². The summed E-state index contributed by atoms with van der Waals surface area (Å²) in [6, 6.07) is 18.9. The number of H-pyrrole nitrogens is 1. The number of nitrogens with one attached hydrogen (secondary N) is 3. The van der Waals surface area contributed by atoms with Crippen molar-refractivity contribution in [1.29, 1.82) is 0 Å². The van der Waals surface area contributed by atoms with Crippen LogP contribution in [-0.4, -0.2) is 22.4 Å². The second kappa shape index (κ2) is 8.15. The summed E-state index contributed by atoms with van der Waals surface area (Å²) in [5.41, 5.74) is 3.55. The number of nitrogens with zero attached hydrogens (tertiary/aromatic N) is 1. The van der Waals surface area contributed by atoms with E-state index in [1.54, 1.807) is 36.5 Å². The van der Waals surface area contributed by atoms with Gasteiger partial charge in [-0.15, -0.1) is 0 Å². The van der Waals surface area contributed by atoms with E-state index < -0.39 is 0 Å². The molecule has 2 heterocycles. The molecule has 5 nitrogen and oxygen atoms in total. The molecule has 0 radical (unpaired) electrons. The van der Waals surface area contributed by atoms with Crippen LogP contribution in [-0.2, 0) is 6.42 Å². The molecule has 0 bridgehead atoms. The number of hydrogen-bond donors (Lipinski definition) is 3. The minimum atomic E-state index is -0.222. The molecule has 28 heavy (non-hydrogen) atoms. The van der Waals surface area contributed by atoms with Crippen LogP contribution >= 0.6 is 11.6 Å². The van der Waals surface area contributed by atoms with Gasteiger partial charge in [0.05, 0.1) is 5.56 Å². The van der Waals surface area contributed by atoms with Crippen LogP contribution in [0.4, 0.5) is 11.5 Å². The predicted octanol–water partition coefficient (Wildman–Crippen LogP) is 5.12. The van der Waals surface area contributed by atoms with Gasteiger partial charge in [0.25, 0.3) is 5.91 Å². The van der Waals surface area contributed by atoms with E-state index in [2.05, 4.69) is 32.7 Å². The van der Waals surface area contributed by atoms with E-state index in [-0.39, 0.29) is 5.91 Å². The van der Waals surface area contributed by atoms with Crippen LogP contribution in [0.2, 0.25) is 5.02 Å². The van der Waals surface area contributed by atoms with Gasteiger partial charge in [-0.05, 0) is 48.4 Å². The van der Waals surface area contributed by atoms with Gasteiger partial charge in [0.2, 0.25) is 0 Å². The van der Waals surface area contributed by atoms with E-state index in [0.29, 0.717) is 16.3 Å². The van der Waals surface area contributed by atoms with Crippen molar-refractivity contribution in [3.63, 3.8) is 0 Å². The highest BCUT2D eigenvalue weighted by molar-refractivity contribution is 6.30. The molecule has 0 aliphatic carbocycles. The van der Waals surface area contributed by atoms with Crippen LogP contribution in [0, 0.1) is 0 Å². The monoisotopic (exact) mass is 390 g/mol. The molecule has 2 aromatic heterocycles. The van der Waals surface area contributed by atoms with Gasteiger partial charge in [0.15, 0.2) is 0 Å². The number of carbonyl (C=O) groups excluding carboxylic acids is 1. The Morgan fingerprint density at radius 1 is 1.07 bits per heavy atom. The summed E-state index contributed by atoms with van der Waals surface area (Å²) in [5.74, 6) is 0.513. The van der Waals surface area contributed by atoms with Gasteiger partial charge < -0.3 is 15.6 Å². The molecule has 3 N–H and O–H groups in total. The van der Waals surface area contributed by atoms with Crippen molar-refractivity contribution in [1.82, 2.24) is 9.97 Å². The van der Waals surface area contributed by atoms with Gasteiger partial charge in [-0.1, -0.05) is 35.9 Å². The Kier molecular flexibility index (Phi) is 5.26. The molecule has 0 spiro atoms. The van der Waals surface area contributed by atoms with E-state index in [1.165, 1.54) is 10.9 Å². The fraction of sp³-hybridized carbons (Fsp3) is 0.0909. The Labute approximate surface area is 167 Å².